The molecule has 2 N–H and O–H groups in total. The largest absolute Gasteiger partial charge is 0.320 e. The molecule has 0 aliphatic carbocycles. The number of nitrogens with one attached hydrogen (secondary N) is 2. The third-order valence-corrected chi connectivity index (χ3v) is 5.16. The highest BCUT2D eigenvalue weighted by Gasteiger charge is 2.24. The predicted octanol–water partition coefficient (Wildman–Crippen LogP) is -0.135. The van der Waals surface area contributed by atoms with Crippen molar-refractivity contribution in [3.8, 4) is 0 Å². The Balaban J connectivity index is 1.95. The quantitative estimate of drug-likeness (QED) is 0.685. The van der Waals surface area contributed by atoms with E-state index >= 15 is 0 Å². The molecule has 0 radical (unpaired) electrons. The van der Waals surface area contributed by atoms with Crippen molar-refractivity contribution in [2.45, 2.75) is 36.7 Å². The van der Waals surface area contributed by atoms with E-state index in [1.807, 2.05) is 14.1 Å². The fourth-order valence-corrected chi connectivity index (χ4v) is 3.79. The lowest BCUT2D eigenvalue weighted by atomic mass is 10.1. The van der Waals surface area contributed by atoms with Crippen LogP contribution in [0.4, 0.5) is 0 Å². The van der Waals surface area contributed by atoms with E-state index in [2.05, 4.69) is 20.0 Å². The van der Waals surface area contributed by atoms with Crippen LogP contribution in [0.5, 0.6) is 0 Å². The van der Waals surface area contributed by atoms with Gasteiger partial charge in [-0.3, -0.25) is 4.68 Å². The molecule has 0 amide bonds. The molecule has 1 aliphatic heterocycles. The molecular formula is C13H25N5O2S. The average molecular weight is 315 g/mol. The fraction of sp³-hybridized carbons (Fsp3) is 0.769. The molecule has 0 aromatic carbocycles. The minimum Gasteiger partial charge on any atom is -0.320 e. The monoisotopic (exact) mass is 315 g/mol. The minimum absolute atomic E-state index is 0.0126. The van der Waals surface area contributed by atoms with Gasteiger partial charge in [-0.2, -0.15) is 5.10 Å². The van der Waals surface area contributed by atoms with Crippen LogP contribution >= 0.6 is 0 Å². The molecule has 120 valence electrons. The van der Waals surface area contributed by atoms with Crippen LogP contribution < -0.4 is 10.0 Å². The van der Waals surface area contributed by atoms with Gasteiger partial charge in [0.2, 0.25) is 10.0 Å². The van der Waals surface area contributed by atoms with Gasteiger partial charge in [-0.05, 0) is 46.4 Å². The maximum atomic E-state index is 12.4. The van der Waals surface area contributed by atoms with Gasteiger partial charge in [0, 0.05) is 25.3 Å². The zero-order chi connectivity index (χ0) is 15.3. The number of aryl methyl sites for hydroxylation is 1. The van der Waals surface area contributed by atoms with Gasteiger partial charge in [0.05, 0.1) is 6.20 Å². The maximum absolute atomic E-state index is 12.4. The zero-order valence-corrected chi connectivity index (χ0v) is 13.6. The van der Waals surface area contributed by atoms with E-state index in [-0.39, 0.29) is 10.9 Å². The predicted molar refractivity (Wildman–Crippen MR) is 81.6 cm³/mol. The molecule has 1 aliphatic rings. The van der Waals surface area contributed by atoms with Crippen LogP contribution in [0.3, 0.4) is 0 Å². The summed E-state index contributed by atoms with van der Waals surface area (Å²) in [6.07, 6.45) is 5.85. The second kappa shape index (κ2) is 7.35. The second-order valence-electron chi connectivity index (χ2n) is 5.62. The van der Waals surface area contributed by atoms with E-state index in [4.69, 9.17) is 0 Å². The molecule has 0 spiro atoms. The second-order valence-corrected chi connectivity index (χ2v) is 7.33. The number of aromatic nitrogens is 2. The van der Waals surface area contributed by atoms with Crippen molar-refractivity contribution < 1.29 is 8.42 Å². The van der Waals surface area contributed by atoms with Gasteiger partial charge < -0.3 is 10.2 Å². The molecule has 1 aromatic heterocycles. The third kappa shape index (κ3) is 4.77. The van der Waals surface area contributed by atoms with Gasteiger partial charge in [0.25, 0.3) is 0 Å². The summed E-state index contributed by atoms with van der Waals surface area (Å²) in [6.45, 7) is 3.38. The molecular weight excluding hydrogens is 290 g/mol. The minimum atomic E-state index is -3.47. The maximum Gasteiger partial charge on any atom is 0.243 e. The molecule has 1 unspecified atom stereocenters. The van der Waals surface area contributed by atoms with Crippen LogP contribution in [0, 0.1) is 0 Å². The Labute approximate surface area is 126 Å². The van der Waals surface area contributed by atoms with Gasteiger partial charge >= 0.3 is 0 Å². The number of likely N-dealkylation sites (tertiary alicyclic amines) is 1. The van der Waals surface area contributed by atoms with Crippen LogP contribution in [0.15, 0.2) is 17.3 Å². The smallest absolute Gasteiger partial charge is 0.243 e. The van der Waals surface area contributed by atoms with Gasteiger partial charge in [-0.1, -0.05) is 0 Å². The normalized spacial score (nSPS) is 20.8. The first kappa shape index (κ1) is 16.4. The first-order chi connectivity index (χ1) is 10.0. The Bertz CT molecular complexity index is 543. The number of sulfonamides is 1. The summed E-state index contributed by atoms with van der Waals surface area (Å²) in [7, 11) is 0.438. The van der Waals surface area contributed by atoms with Crippen LogP contribution in [0.1, 0.15) is 19.3 Å². The Hall–Kier alpha value is -0.960. The van der Waals surface area contributed by atoms with Crippen molar-refractivity contribution >= 4 is 10.0 Å². The first-order valence-corrected chi connectivity index (χ1v) is 8.87. The zero-order valence-electron chi connectivity index (χ0n) is 12.7. The van der Waals surface area contributed by atoms with Gasteiger partial charge in [0.1, 0.15) is 4.90 Å². The summed E-state index contributed by atoms with van der Waals surface area (Å²) in [5, 5.41) is 7.18. The molecule has 0 saturated carbocycles. The summed E-state index contributed by atoms with van der Waals surface area (Å²) < 4.78 is 29.2. The number of hydrogen-bond acceptors (Lipinski definition) is 5. The molecule has 8 heteroatoms. The van der Waals surface area contributed by atoms with Crippen LogP contribution in [-0.4, -0.2) is 62.9 Å². The molecule has 0 bridgehead atoms. The van der Waals surface area contributed by atoms with Crippen molar-refractivity contribution in [2.75, 3.05) is 33.7 Å². The molecule has 2 rings (SSSR count). The third-order valence-electron chi connectivity index (χ3n) is 3.68. The Morgan fingerprint density at radius 3 is 3.00 bits per heavy atom. The van der Waals surface area contributed by atoms with Crippen LogP contribution in [0.2, 0.25) is 0 Å². The summed E-state index contributed by atoms with van der Waals surface area (Å²) in [5.41, 5.74) is 0. The highest BCUT2D eigenvalue weighted by molar-refractivity contribution is 7.89. The lowest BCUT2D eigenvalue weighted by molar-refractivity contribution is 0.242. The lowest BCUT2D eigenvalue weighted by Crippen LogP contribution is -2.46. The SMILES string of the molecule is CNCCCn1cc(S(=O)(=O)NC2CCCN(C)C2)cn1. The van der Waals surface area contributed by atoms with E-state index in [0.717, 1.165) is 38.9 Å². The lowest BCUT2D eigenvalue weighted by Gasteiger charge is -2.29. The van der Waals surface area contributed by atoms with E-state index in [1.165, 1.54) is 6.20 Å². The van der Waals surface area contributed by atoms with E-state index < -0.39 is 10.0 Å². The Morgan fingerprint density at radius 1 is 1.48 bits per heavy atom. The summed E-state index contributed by atoms with van der Waals surface area (Å²) in [4.78, 5) is 2.40. The van der Waals surface area contributed by atoms with Gasteiger partial charge in [-0.15, -0.1) is 0 Å². The first-order valence-electron chi connectivity index (χ1n) is 7.39. The number of likely N-dealkylation sites (N-methyl/N-ethyl adjacent to an activating group) is 1. The van der Waals surface area contributed by atoms with Gasteiger partial charge in [0.15, 0.2) is 0 Å². The number of piperidine rings is 1. The molecule has 2 heterocycles. The Morgan fingerprint density at radius 2 is 2.29 bits per heavy atom. The van der Waals surface area contributed by atoms with Crippen molar-refractivity contribution in [1.82, 2.24) is 24.7 Å². The summed E-state index contributed by atoms with van der Waals surface area (Å²) in [5.74, 6) is 0. The standard InChI is InChI=1S/C13H25N5O2S/c1-14-6-4-8-18-11-13(9-15-18)21(19,20)16-12-5-3-7-17(2)10-12/h9,11-12,14,16H,3-8,10H2,1-2H3. The molecule has 7 nitrogen and oxygen atoms in total. The highest BCUT2D eigenvalue weighted by Crippen LogP contribution is 2.13. The molecule has 21 heavy (non-hydrogen) atoms. The van der Waals surface area contributed by atoms with Crippen molar-refractivity contribution in [3.05, 3.63) is 12.4 Å². The Kier molecular flexibility index (Phi) is 5.74. The van der Waals surface area contributed by atoms with E-state index in [9.17, 15) is 8.42 Å². The molecule has 1 atom stereocenters. The summed E-state index contributed by atoms with van der Waals surface area (Å²) in [6, 6.07) is -0.0126. The summed E-state index contributed by atoms with van der Waals surface area (Å²) >= 11 is 0. The van der Waals surface area contributed by atoms with Crippen molar-refractivity contribution in [3.63, 3.8) is 0 Å². The van der Waals surface area contributed by atoms with E-state index in [1.54, 1.807) is 10.9 Å². The van der Waals surface area contributed by atoms with Gasteiger partial charge in [-0.25, -0.2) is 13.1 Å². The number of rotatable bonds is 7. The van der Waals surface area contributed by atoms with Crippen LogP contribution in [-0.2, 0) is 16.6 Å². The van der Waals surface area contributed by atoms with E-state index in [0.29, 0.717) is 6.54 Å². The molecule has 1 saturated heterocycles. The molecule has 1 fully saturated rings. The molecule has 1 aromatic rings. The van der Waals surface area contributed by atoms with Crippen molar-refractivity contribution in [2.24, 2.45) is 0 Å². The van der Waals surface area contributed by atoms with Crippen LogP contribution in [0.25, 0.3) is 0 Å². The fourth-order valence-electron chi connectivity index (χ4n) is 2.57. The number of hydrogen-bond donors (Lipinski definition) is 2. The topological polar surface area (TPSA) is 79.3 Å². The number of nitrogens with zero attached hydrogens (tertiary/aromatic N) is 3. The average Bonchev–Trinajstić information content (AvgIpc) is 2.88. The van der Waals surface area contributed by atoms with Crippen molar-refractivity contribution in [1.29, 1.82) is 0 Å². The highest BCUT2D eigenvalue weighted by atomic mass is 32.2.